The largest absolute Gasteiger partial charge is 0.394 e. The highest BCUT2D eigenvalue weighted by Gasteiger charge is 2.53. The van der Waals surface area contributed by atoms with E-state index in [9.17, 15) is 61.0 Å². The normalized spacial score (nSPS) is 29.8. The number of rotatable bonds is 45. The lowest BCUT2D eigenvalue weighted by atomic mass is 9.96. The summed E-state index contributed by atoms with van der Waals surface area (Å²) >= 11 is 0. The molecule has 3 heterocycles. The quantitative estimate of drug-likeness (QED) is 0.0228. The topological polar surface area (TPSA) is 307 Å². The summed E-state index contributed by atoms with van der Waals surface area (Å²) in [5, 5.41) is 120. The van der Waals surface area contributed by atoms with Crippen LogP contribution in [0.2, 0.25) is 0 Å². The first-order valence-electron chi connectivity index (χ1n) is 31.5. The number of aliphatic hydroxyl groups is 11. The number of ether oxygens (including phenoxy) is 6. The Hall–Kier alpha value is -3.29. The fourth-order valence-corrected chi connectivity index (χ4v) is 10.0. The van der Waals surface area contributed by atoms with E-state index in [-0.39, 0.29) is 18.9 Å². The zero-order valence-electron chi connectivity index (χ0n) is 50.3. The second kappa shape index (κ2) is 46.8. The lowest BCUT2D eigenvalue weighted by Crippen LogP contribution is -2.66. The number of unbranched alkanes of at least 4 members (excludes halogenated alkanes) is 13. The van der Waals surface area contributed by atoms with Crippen LogP contribution in [-0.4, -0.2) is 193 Å². The average molecular weight is 1190 g/mol. The Kier molecular flexibility index (Phi) is 41.8. The van der Waals surface area contributed by atoms with Crippen LogP contribution in [0.4, 0.5) is 0 Å². The molecular weight excluding hydrogens is 1080 g/mol. The van der Waals surface area contributed by atoms with Crippen LogP contribution in [0.1, 0.15) is 174 Å². The molecule has 0 saturated carbocycles. The second-order valence-corrected chi connectivity index (χ2v) is 22.1. The van der Waals surface area contributed by atoms with Crippen molar-refractivity contribution in [3.8, 4) is 0 Å². The van der Waals surface area contributed by atoms with E-state index in [0.29, 0.717) is 19.3 Å². The van der Waals surface area contributed by atoms with Crippen molar-refractivity contribution in [2.75, 3.05) is 26.4 Å². The molecule has 12 N–H and O–H groups in total. The van der Waals surface area contributed by atoms with Crippen LogP contribution in [0.5, 0.6) is 0 Å². The Balaban J connectivity index is 1.33. The van der Waals surface area contributed by atoms with Crippen molar-refractivity contribution < 1.29 is 89.4 Å². The van der Waals surface area contributed by atoms with E-state index in [1.54, 1.807) is 0 Å². The summed E-state index contributed by atoms with van der Waals surface area (Å²) in [6.07, 6.45) is 32.7. The van der Waals surface area contributed by atoms with Crippen LogP contribution >= 0.6 is 0 Å². The molecule has 0 radical (unpaired) electrons. The molecule has 3 aliphatic heterocycles. The summed E-state index contributed by atoms with van der Waals surface area (Å²) in [7, 11) is 0. The van der Waals surface area contributed by atoms with E-state index in [2.05, 4.69) is 116 Å². The predicted molar refractivity (Wildman–Crippen MR) is 323 cm³/mol. The van der Waals surface area contributed by atoms with E-state index in [1.165, 1.54) is 12.8 Å². The van der Waals surface area contributed by atoms with Crippen LogP contribution in [0.15, 0.2) is 97.2 Å². The molecule has 0 aromatic heterocycles. The van der Waals surface area contributed by atoms with E-state index < -0.39 is 124 Å². The Morgan fingerprint density at radius 2 is 0.821 bits per heavy atom. The molecular formula is C65H109NO18. The second-order valence-electron chi connectivity index (χ2n) is 22.1. The third kappa shape index (κ3) is 29.6. The Morgan fingerprint density at radius 3 is 1.29 bits per heavy atom. The van der Waals surface area contributed by atoms with Gasteiger partial charge in [-0.1, -0.05) is 188 Å². The van der Waals surface area contributed by atoms with Gasteiger partial charge in [0.25, 0.3) is 0 Å². The molecule has 3 saturated heterocycles. The highest BCUT2D eigenvalue weighted by molar-refractivity contribution is 5.76. The molecule has 19 nitrogen and oxygen atoms in total. The van der Waals surface area contributed by atoms with Gasteiger partial charge in [0.15, 0.2) is 18.9 Å². The van der Waals surface area contributed by atoms with E-state index >= 15 is 0 Å². The van der Waals surface area contributed by atoms with E-state index in [1.807, 2.05) is 0 Å². The number of carbonyl (C=O) groups excluding carboxylic acids is 1. The smallest absolute Gasteiger partial charge is 0.220 e. The molecule has 3 aliphatic rings. The summed E-state index contributed by atoms with van der Waals surface area (Å²) in [6, 6.07) is -0.895. The van der Waals surface area contributed by atoms with Crippen molar-refractivity contribution in [2.24, 2.45) is 0 Å². The molecule has 0 bridgehead atoms. The first-order chi connectivity index (χ1) is 40.8. The van der Waals surface area contributed by atoms with Crippen LogP contribution in [0, 0.1) is 0 Å². The van der Waals surface area contributed by atoms with Crippen LogP contribution in [0.3, 0.4) is 0 Å². The molecule has 482 valence electrons. The van der Waals surface area contributed by atoms with Crippen molar-refractivity contribution in [3.05, 3.63) is 97.2 Å². The van der Waals surface area contributed by atoms with Crippen LogP contribution < -0.4 is 5.32 Å². The van der Waals surface area contributed by atoms with Gasteiger partial charge in [0.2, 0.25) is 5.91 Å². The zero-order chi connectivity index (χ0) is 61.2. The van der Waals surface area contributed by atoms with E-state index in [4.69, 9.17) is 28.4 Å². The van der Waals surface area contributed by atoms with Gasteiger partial charge in [-0.05, 0) is 77.0 Å². The van der Waals surface area contributed by atoms with Crippen LogP contribution in [-0.2, 0) is 33.2 Å². The van der Waals surface area contributed by atoms with Gasteiger partial charge >= 0.3 is 0 Å². The number of aliphatic hydroxyl groups excluding tert-OH is 11. The van der Waals surface area contributed by atoms with Gasteiger partial charge < -0.3 is 89.9 Å². The zero-order valence-corrected chi connectivity index (χ0v) is 50.3. The summed E-state index contributed by atoms with van der Waals surface area (Å²) in [6.45, 7) is 1.56. The number of hydrogen-bond donors (Lipinski definition) is 12. The standard InChI is InChI=1S/C65H109NO18/c1-3-5-7-9-11-12-13-14-15-16-17-18-19-20-21-22-23-24-25-26-27-28-29-30-31-32-33-34-35-36-37-39-41-43-53(71)66-48(49(70)42-40-38-10-8-6-4-2)47-79-63-59(77)56(74)61(51(45-68)81-63)84-65-60(78)57(75)62(52(46-69)82-65)83-64-58(76)55(73)54(72)50(44-67)80-64/h5,7,11-12,14-15,17-18,20-21,23-24,26-27,29-30,48-52,54-65,67-70,72-78H,3-4,6,8-10,13,16,19,22,25,28,31-47H2,1-2H3,(H,66,71)/b7-5-,12-11-,15-14-,18-17-,21-20-,24-23-,27-26-,30-29-. The first kappa shape index (κ1) is 75.0. The van der Waals surface area contributed by atoms with Crippen LogP contribution in [0.25, 0.3) is 0 Å². The number of nitrogens with one attached hydrogen (secondary N) is 1. The maximum absolute atomic E-state index is 13.3. The first-order valence-corrected chi connectivity index (χ1v) is 31.5. The monoisotopic (exact) mass is 1190 g/mol. The molecule has 84 heavy (non-hydrogen) atoms. The predicted octanol–water partition coefficient (Wildman–Crippen LogP) is 6.54. The Bertz CT molecular complexity index is 1910. The molecule has 0 aromatic carbocycles. The van der Waals surface area contributed by atoms with Gasteiger partial charge in [0.1, 0.15) is 73.2 Å². The molecule has 17 unspecified atom stereocenters. The number of carbonyl (C=O) groups is 1. The van der Waals surface area contributed by atoms with Gasteiger partial charge in [0.05, 0.1) is 38.6 Å². The Labute approximate surface area is 501 Å². The third-order valence-corrected chi connectivity index (χ3v) is 15.2. The van der Waals surface area contributed by atoms with Crippen molar-refractivity contribution in [2.45, 2.75) is 279 Å². The molecule has 0 aromatic rings. The fraction of sp³-hybridized carbons (Fsp3) is 0.738. The van der Waals surface area contributed by atoms with Crippen molar-refractivity contribution in [1.29, 1.82) is 0 Å². The minimum Gasteiger partial charge on any atom is -0.394 e. The Morgan fingerprint density at radius 1 is 0.440 bits per heavy atom. The molecule has 0 aliphatic carbocycles. The number of hydrogen-bond acceptors (Lipinski definition) is 18. The molecule has 0 spiro atoms. The van der Waals surface area contributed by atoms with Gasteiger partial charge in [-0.2, -0.15) is 0 Å². The molecule has 1 amide bonds. The lowest BCUT2D eigenvalue weighted by molar-refractivity contribution is -0.379. The van der Waals surface area contributed by atoms with Gasteiger partial charge in [-0.25, -0.2) is 0 Å². The average Bonchev–Trinajstić information content (AvgIpc) is 2.27. The van der Waals surface area contributed by atoms with Gasteiger partial charge in [0, 0.05) is 6.42 Å². The summed E-state index contributed by atoms with van der Waals surface area (Å²) < 4.78 is 34.2. The third-order valence-electron chi connectivity index (χ3n) is 15.2. The summed E-state index contributed by atoms with van der Waals surface area (Å²) in [4.78, 5) is 13.3. The van der Waals surface area contributed by atoms with Gasteiger partial charge in [-0.3, -0.25) is 4.79 Å². The maximum Gasteiger partial charge on any atom is 0.220 e. The summed E-state index contributed by atoms with van der Waals surface area (Å²) in [5.41, 5.74) is 0. The van der Waals surface area contributed by atoms with Crippen molar-refractivity contribution >= 4 is 5.91 Å². The highest BCUT2D eigenvalue weighted by Crippen LogP contribution is 2.33. The van der Waals surface area contributed by atoms with Gasteiger partial charge in [-0.15, -0.1) is 0 Å². The fourth-order valence-electron chi connectivity index (χ4n) is 10.0. The maximum atomic E-state index is 13.3. The summed E-state index contributed by atoms with van der Waals surface area (Å²) in [5.74, 6) is -0.263. The molecule has 17 atom stereocenters. The SMILES string of the molecule is CC/C=C\C/C=C\C/C=C\C/C=C\C/C=C\C/C=C\C/C=C\C/C=C\CCCCCCCCCCC(=O)NC(COC1OC(CO)C(OC2OC(CO)C(OC3OC(CO)C(O)C(O)C3O)C(O)C2O)C(O)C1O)C(O)CCCCCCCC. The number of amides is 1. The van der Waals surface area contributed by atoms with Crippen molar-refractivity contribution in [3.63, 3.8) is 0 Å². The van der Waals surface area contributed by atoms with Crippen molar-refractivity contribution in [1.82, 2.24) is 5.32 Å². The lowest BCUT2D eigenvalue weighted by Gasteiger charge is -2.48. The molecule has 3 fully saturated rings. The molecule has 19 heteroatoms. The number of allylic oxidation sites excluding steroid dienone is 16. The minimum absolute atomic E-state index is 0.249. The molecule has 3 rings (SSSR count). The minimum atomic E-state index is -1.98. The highest BCUT2D eigenvalue weighted by atomic mass is 16.8. The van der Waals surface area contributed by atoms with E-state index in [0.717, 1.165) is 122 Å².